The summed E-state index contributed by atoms with van der Waals surface area (Å²) in [5, 5.41) is 0.517. The molecular formula is C23H26ClFN4O. The Hall–Kier alpha value is -2.41. The molecule has 2 heterocycles. The van der Waals surface area contributed by atoms with E-state index in [1.807, 2.05) is 18.3 Å². The summed E-state index contributed by atoms with van der Waals surface area (Å²) in [5.41, 5.74) is 7.92. The average Bonchev–Trinajstić information content (AvgIpc) is 2.68. The van der Waals surface area contributed by atoms with Crippen molar-refractivity contribution in [3.8, 4) is 0 Å². The van der Waals surface area contributed by atoms with Crippen LogP contribution >= 0.6 is 11.6 Å². The quantitative estimate of drug-likeness (QED) is 0.450. The van der Waals surface area contributed by atoms with E-state index in [9.17, 15) is 9.18 Å². The summed E-state index contributed by atoms with van der Waals surface area (Å²) in [4.78, 5) is 19.7. The van der Waals surface area contributed by atoms with Crippen LogP contribution in [-0.2, 0) is 6.54 Å². The van der Waals surface area contributed by atoms with Crippen molar-refractivity contribution in [2.75, 3.05) is 39.0 Å². The fourth-order valence-electron chi connectivity index (χ4n) is 4.48. The minimum absolute atomic E-state index is 0.121. The minimum Gasteiger partial charge on any atom is -0.398 e. The lowest BCUT2D eigenvalue weighted by atomic mass is 10.00. The lowest BCUT2D eigenvalue weighted by molar-refractivity contribution is -0.0107. The summed E-state index contributed by atoms with van der Waals surface area (Å²) < 4.78 is 13.2. The van der Waals surface area contributed by atoms with Crippen molar-refractivity contribution in [2.45, 2.75) is 18.6 Å². The van der Waals surface area contributed by atoms with Crippen LogP contribution in [0.1, 0.15) is 15.9 Å². The van der Waals surface area contributed by atoms with Gasteiger partial charge in [-0.25, -0.2) is 4.39 Å². The van der Waals surface area contributed by atoms with E-state index in [1.54, 1.807) is 24.3 Å². The van der Waals surface area contributed by atoms with Gasteiger partial charge in [-0.15, -0.1) is 0 Å². The van der Waals surface area contributed by atoms with Crippen molar-refractivity contribution < 1.29 is 9.18 Å². The lowest BCUT2D eigenvalue weighted by Gasteiger charge is -2.52. The Morgan fingerprint density at radius 2 is 1.80 bits per heavy atom. The third kappa shape index (κ3) is 4.67. The predicted octanol–water partition coefficient (Wildman–Crippen LogP) is 3.26. The molecule has 2 atom stereocenters. The molecule has 2 aliphatic heterocycles. The monoisotopic (exact) mass is 428 g/mol. The largest absolute Gasteiger partial charge is 0.398 e. The first-order valence-corrected chi connectivity index (χ1v) is 10.5. The first-order chi connectivity index (χ1) is 14.4. The molecule has 0 radical (unpaired) electrons. The molecule has 30 heavy (non-hydrogen) atoms. The number of hydrogen-bond acceptors (Lipinski definition) is 5. The molecule has 158 valence electrons. The van der Waals surface area contributed by atoms with Crippen molar-refractivity contribution in [1.82, 2.24) is 14.7 Å². The zero-order valence-corrected chi connectivity index (χ0v) is 17.7. The van der Waals surface area contributed by atoms with Crippen LogP contribution in [0, 0.1) is 5.82 Å². The highest BCUT2D eigenvalue weighted by atomic mass is 35.5. The number of rotatable bonds is 5. The van der Waals surface area contributed by atoms with Crippen LogP contribution in [0.15, 0.2) is 54.7 Å². The normalized spacial score (nSPS) is 22.6. The Bertz CT molecular complexity index is 933. The number of halogens is 2. The molecule has 0 aromatic heterocycles. The smallest absolute Gasteiger partial charge is 0.189 e. The van der Waals surface area contributed by atoms with Crippen molar-refractivity contribution in [3.05, 3.63) is 76.7 Å². The van der Waals surface area contributed by atoms with Crippen LogP contribution in [0.4, 0.5) is 10.1 Å². The lowest BCUT2D eigenvalue weighted by Crippen LogP contribution is -2.66. The Kier molecular flexibility index (Phi) is 6.09. The molecule has 4 rings (SSSR count). The second kappa shape index (κ2) is 8.76. The number of allylic oxidation sites excluding steroid dienone is 1. The van der Waals surface area contributed by atoms with Crippen LogP contribution in [0.3, 0.4) is 0 Å². The number of benzene rings is 2. The van der Waals surface area contributed by atoms with Gasteiger partial charge in [0.15, 0.2) is 5.78 Å². The number of ketones is 1. The van der Waals surface area contributed by atoms with Crippen LogP contribution in [0.5, 0.6) is 0 Å². The van der Waals surface area contributed by atoms with E-state index in [0.29, 0.717) is 16.3 Å². The molecule has 0 aliphatic carbocycles. The van der Waals surface area contributed by atoms with E-state index < -0.39 is 0 Å². The molecule has 7 heteroatoms. The molecule has 5 nitrogen and oxygen atoms in total. The Morgan fingerprint density at radius 1 is 1.13 bits per heavy atom. The second-order valence-corrected chi connectivity index (χ2v) is 8.64. The van der Waals surface area contributed by atoms with Gasteiger partial charge in [-0.2, -0.15) is 0 Å². The first kappa shape index (κ1) is 20.8. The zero-order valence-electron chi connectivity index (χ0n) is 17.0. The van der Waals surface area contributed by atoms with Gasteiger partial charge in [0.05, 0.1) is 12.1 Å². The van der Waals surface area contributed by atoms with Gasteiger partial charge in [0, 0.05) is 61.3 Å². The van der Waals surface area contributed by atoms with Gasteiger partial charge >= 0.3 is 0 Å². The summed E-state index contributed by atoms with van der Waals surface area (Å²) in [7, 11) is 2.14. The maximum Gasteiger partial charge on any atom is 0.189 e. The molecule has 2 fully saturated rings. The molecule has 0 amide bonds. The number of carbonyl (C=O) groups is 1. The summed E-state index contributed by atoms with van der Waals surface area (Å²) in [5.74, 6) is -0.331. The molecule has 2 aliphatic rings. The number of nitrogen functional groups attached to an aromatic ring is 1. The molecule has 0 spiro atoms. The highest BCUT2D eigenvalue weighted by Gasteiger charge is 2.37. The van der Waals surface area contributed by atoms with E-state index in [4.69, 9.17) is 17.3 Å². The van der Waals surface area contributed by atoms with Crippen LogP contribution in [0.25, 0.3) is 0 Å². The molecule has 2 aromatic carbocycles. The Morgan fingerprint density at radius 3 is 2.43 bits per heavy atom. The minimum atomic E-state index is -0.210. The molecule has 2 bridgehead atoms. The number of nitrogens with two attached hydrogens (primary N) is 1. The van der Waals surface area contributed by atoms with Gasteiger partial charge in [-0.1, -0.05) is 23.7 Å². The third-order valence-corrected chi connectivity index (χ3v) is 6.06. The summed E-state index contributed by atoms with van der Waals surface area (Å²) >= 11 is 5.93. The molecule has 0 saturated carbocycles. The molecule has 2 unspecified atom stereocenters. The Balaban J connectivity index is 1.46. The predicted molar refractivity (Wildman–Crippen MR) is 118 cm³/mol. The molecule has 2 aromatic rings. The number of nitrogens with zero attached hydrogens (tertiary/aromatic N) is 3. The van der Waals surface area contributed by atoms with Crippen molar-refractivity contribution >= 4 is 23.1 Å². The van der Waals surface area contributed by atoms with Gasteiger partial charge in [-0.3, -0.25) is 9.69 Å². The average molecular weight is 429 g/mol. The molecule has 2 saturated heterocycles. The maximum atomic E-state index is 13.2. The summed E-state index contributed by atoms with van der Waals surface area (Å²) in [6.07, 6.45) is 3.54. The number of piperazine rings is 2. The highest BCUT2D eigenvalue weighted by molar-refractivity contribution is 6.31. The second-order valence-electron chi connectivity index (χ2n) is 8.21. The van der Waals surface area contributed by atoms with Crippen LogP contribution < -0.4 is 5.73 Å². The van der Waals surface area contributed by atoms with Gasteiger partial charge in [0.25, 0.3) is 0 Å². The van der Waals surface area contributed by atoms with Crippen LogP contribution in [-0.4, -0.2) is 65.8 Å². The zero-order chi connectivity index (χ0) is 21.3. The van der Waals surface area contributed by atoms with Gasteiger partial charge in [-0.05, 0) is 42.9 Å². The highest BCUT2D eigenvalue weighted by Crippen LogP contribution is 2.25. The maximum absolute atomic E-state index is 13.2. The number of fused-ring (bicyclic) bond motifs is 2. The third-order valence-electron chi connectivity index (χ3n) is 5.82. The molecular weight excluding hydrogens is 403 g/mol. The molecule has 2 N–H and O–H groups in total. The fraction of sp³-hybridized carbons (Fsp3) is 0.348. The van der Waals surface area contributed by atoms with Crippen molar-refractivity contribution in [2.24, 2.45) is 0 Å². The van der Waals surface area contributed by atoms with E-state index in [0.717, 1.165) is 38.3 Å². The fourth-order valence-corrected chi connectivity index (χ4v) is 4.66. The van der Waals surface area contributed by atoms with E-state index in [-0.39, 0.29) is 23.7 Å². The number of carbonyl (C=O) groups excluding carboxylic acids is 1. The Labute approximate surface area is 181 Å². The van der Waals surface area contributed by atoms with Crippen molar-refractivity contribution in [1.29, 1.82) is 0 Å². The first-order valence-electron chi connectivity index (χ1n) is 10.1. The van der Waals surface area contributed by atoms with Gasteiger partial charge in [0.1, 0.15) is 5.82 Å². The summed E-state index contributed by atoms with van der Waals surface area (Å²) in [6, 6.07) is 12.2. The van der Waals surface area contributed by atoms with Gasteiger partial charge in [0.2, 0.25) is 0 Å². The van der Waals surface area contributed by atoms with Gasteiger partial charge < -0.3 is 15.5 Å². The standard InChI is InChI=1S/C23H26ClFN4O/c1-27-12-19-14-28(11-16-2-5-18(25)6-3-16)15-20(13-27)29(19)9-8-23(30)21-7-4-17(24)10-22(21)26/h2-10,19-20H,11-15,26H2,1H3. The summed E-state index contributed by atoms with van der Waals surface area (Å²) in [6.45, 7) is 4.44. The van der Waals surface area contributed by atoms with Crippen molar-refractivity contribution in [3.63, 3.8) is 0 Å². The number of hydrogen-bond donors (Lipinski definition) is 1. The van der Waals surface area contributed by atoms with E-state index >= 15 is 0 Å². The van der Waals surface area contributed by atoms with E-state index in [1.165, 1.54) is 12.1 Å². The van der Waals surface area contributed by atoms with E-state index in [2.05, 4.69) is 21.7 Å². The topological polar surface area (TPSA) is 52.8 Å². The SMILES string of the molecule is CN1CC2CN(Cc3ccc(F)cc3)CC(C1)N2C=CC(=O)c1ccc(Cl)cc1N. The number of likely N-dealkylation sites (N-methyl/N-ethyl adjacent to an activating group) is 1. The number of anilines is 1. The van der Waals surface area contributed by atoms with Crippen LogP contribution in [0.2, 0.25) is 5.02 Å².